The maximum absolute atomic E-state index is 13.6. The summed E-state index contributed by atoms with van der Waals surface area (Å²) in [5.74, 6) is -0.0947. The van der Waals surface area contributed by atoms with E-state index in [-0.39, 0.29) is 23.2 Å². The van der Waals surface area contributed by atoms with Gasteiger partial charge in [0.2, 0.25) is 5.76 Å². The topological polar surface area (TPSA) is 59.8 Å². The highest BCUT2D eigenvalue weighted by Gasteiger charge is 2.42. The summed E-state index contributed by atoms with van der Waals surface area (Å²) in [5, 5.41) is 0.522. The molecule has 0 fully saturated rings. The minimum absolute atomic E-state index is 0.132. The molecule has 1 aliphatic rings. The van der Waals surface area contributed by atoms with E-state index in [0.717, 1.165) is 21.2 Å². The number of aryl methyl sites for hydroxylation is 2. The molecule has 31 heavy (non-hydrogen) atoms. The van der Waals surface area contributed by atoms with Gasteiger partial charge in [-0.1, -0.05) is 34.1 Å². The average Bonchev–Trinajstić information content (AvgIpc) is 2.98. The zero-order valence-electron chi connectivity index (χ0n) is 18.2. The number of fused-ring (bicyclic) bond motifs is 2. The third kappa shape index (κ3) is 4.06. The molecule has 2 heterocycles. The van der Waals surface area contributed by atoms with E-state index in [1.54, 1.807) is 4.90 Å². The maximum atomic E-state index is 13.6. The van der Waals surface area contributed by atoms with Gasteiger partial charge in [0, 0.05) is 17.6 Å². The Morgan fingerprint density at radius 3 is 2.65 bits per heavy atom. The molecule has 0 aliphatic carbocycles. The number of benzene rings is 2. The number of halogens is 1. The molecule has 1 unspecified atom stereocenters. The lowest BCUT2D eigenvalue weighted by Gasteiger charge is -2.25. The lowest BCUT2D eigenvalue weighted by Crippen LogP contribution is -2.31. The van der Waals surface area contributed by atoms with Crippen LogP contribution in [-0.4, -0.2) is 30.1 Å². The summed E-state index contributed by atoms with van der Waals surface area (Å²) in [7, 11) is 0. The first-order valence-electron chi connectivity index (χ1n) is 10.5. The molecule has 1 aromatic heterocycles. The Kier molecular flexibility index (Phi) is 6.04. The molecular weight excluding hydrogens is 458 g/mol. The summed E-state index contributed by atoms with van der Waals surface area (Å²) < 4.78 is 12.7. The standard InChI is InChI=1S/C25H26BrNO4/c1-14(2)30-10-6-9-27-21(17-7-5-8-18(26)13-17)20-22(28)19-12-15(3)11-16(4)23(19)31-24(20)25(27)29/h5,7-8,11-14,21H,6,9-10H2,1-4H3. The van der Waals surface area contributed by atoms with Gasteiger partial charge in [0.05, 0.1) is 23.1 Å². The summed E-state index contributed by atoms with van der Waals surface area (Å²) in [5.41, 5.74) is 3.49. The largest absolute Gasteiger partial charge is 0.450 e. The van der Waals surface area contributed by atoms with Gasteiger partial charge in [0.1, 0.15) is 5.58 Å². The van der Waals surface area contributed by atoms with Gasteiger partial charge in [-0.2, -0.15) is 0 Å². The van der Waals surface area contributed by atoms with Crippen molar-refractivity contribution in [2.45, 2.75) is 46.3 Å². The first kappa shape index (κ1) is 21.8. The fourth-order valence-corrected chi connectivity index (χ4v) is 4.70. The Morgan fingerprint density at radius 2 is 1.94 bits per heavy atom. The summed E-state index contributed by atoms with van der Waals surface area (Å²) in [6.07, 6.45) is 0.806. The molecule has 0 N–H and O–H groups in total. The van der Waals surface area contributed by atoms with Gasteiger partial charge in [0.25, 0.3) is 5.91 Å². The molecule has 162 valence electrons. The second-order valence-electron chi connectivity index (χ2n) is 8.36. The lowest BCUT2D eigenvalue weighted by atomic mass is 9.97. The summed E-state index contributed by atoms with van der Waals surface area (Å²) >= 11 is 3.52. The van der Waals surface area contributed by atoms with E-state index in [1.165, 1.54) is 0 Å². The molecule has 4 rings (SSSR count). The second-order valence-corrected chi connectivity index (χ2v) is 9.28. The number of amides is 1. The van der Waals surface area contributed by atoms with Gasteiger partial charge in [-0.3, -0.25) is 9.59 Å². The van der Waals surface area contributed by atoms with E-state index < -0.39 is 6.04 Å². The molecule has 6 heteroatoms. The van der Waals surface area contributed by atoms with E-state index in [1.807, 2.05) is 64.1 Å². The van der Waals surface area contributed by atoms with Crippen LogP contribution in [0.15, 0.2) is 50.1 Å². The Morgan fingerprint density at radius 1 is 1.16 bits per heavy atom. The minimum atomic E-state index is -0.486. The monoisotopic (exact) mass is 483 g/mol. The van der Waals surface area contributed by atoms with Crippen molar-refractivity contribution < 1.29 is 13.9 Å². The number of carbonyl (C=O) groups is 1. The zero-order chi connectivity index (χ0) is 22.3. The van der Waals surface area contributed by atoms with Gasteiger partial charge in [-0.15, -0.1) is 0 Å². The fourth-order valence-electron chi connectivity index (χ4n) is 4.28. The van der Waals surface area contributed by atoms with Crippen LogP contribution in [0.5, 0.6) is 0 Å². The Bertz CT molecular complexity index is 1210. The van der Waals surface area contributed by atoms with Crippen LogP contribution in [0.1, 0.15) is 59.1 Å². The normalized spacial score (nSPS) is 15.9. The molecule has 1 aliphatic heterocycles. The zero-order valence-corrected chi connectivity index (χ0v) is 19.8. The van der Waals surface area contributed by atoms with Gasteiger partial charge in [0.15, 0.2) is 5.43 Å². The molecule has 1 amide bonds. The molecule has 5 nitrogen and oxygen atoms in total. The van der Waals surface area contributed by atoms with Crippen molar-refractivity contribution >= 4 is 32.8 Å². The summed E-state index contributed by atoms with van der Waals surface area (Å²) in [6.45, 7) is 8.85. The Balaban J connectivity index is 1.86. The van der Waals surface area contributed by atoms with Crippen molar-refractivity contribution in [2.24, 2.45) is 0 Å². The Labute approximate surface area is 190 Å². The highest BCUT2D eigenvalue weighted by atomic mass is 79.9. The molecular formula is C25H26BrNO4. The quantitative estimate of drug-likeness (QED) is 0.432. The van der Waals surface area contributed by atoms with Gasteiger partial charge >= 0.3 is 0 Å². The van der Waals surface area contributed by atoms with E-state index >= 15 is 0 Å². The van der Waals surface area contributed by atoms with Crippen LogP contribution in [-0.2, 0) is 4.74 Å². The predicted molar refractivity (Wildman–Crippen MR) is 125 cm³/mol. The first-order valence-corrected chi connectivity index (χ1v) is 11.3. The molecule has 2 aromatic carbocycles. The molecule has 0 saturated carbocycles. The van der Waals surface area contributed by atoms with Crippen molar-refractivity contribution in [3.63, 3.8) is 0 Å². The Hall–Kier alpha value is -2.44. The predicted octanol–water partition coefficient (Wildman–Crippen LogP) is 5.53. The van der Waals surface area contributed by atoms with Crippen LogP contribution in [0.25, 0.3) is 11.0 Å². The molecule has 0 spiro atoms. The van der Waals surface area contributed by atoms with Crippen LogP contribution in [0.3, 0.4) is 0 Å². The molecule has 3 aromatic rings. The van der Waals surface area contributed by atoms with Crippen molar-refractivity contribution in [3.8, 4) is 0 Å². The van der Waals surface area contributed by atoms with Crippen molar-refractivity contribution in [3.05, 3.63) is 79.1 Å². The van der Waals surface area contributed by atoms with Gasteiger partial charge in [-0.05, 0) is 69.0 Å². The molecule has 0 saturated heterocycles. The van der Waals surface area contributed by atoms with Crippen molar-refractivity contribution in [1.82, 2.24) is 4.90 Å². The van der Waals surface area contributed by atoms with Gasteiger partial charge in [-0.25, -0.2) is 0 Å². The third-order valence-electron chi connectivity index (χ3n) is 5.56. The van der Waals surface area contributed by atoms with Crippen LogP contribution in [0.2, 0.25) is 0 Å². The van der Waals surface area contributed by atoms with E-state index in [4.69, 9.17) is 9.15 Å². The maximum Gasteiger partial charge on any atom is 0.290 e. The number of carbonyl (C=O) groups excluding carboxylic acids is 1. The number of hydrogen-bond acceptors (Lipinski definition) is 4. The number of hydrogen-bond donors (Lipinski definition) is 0. The van der Waals surface area contributed by atoms with Crippen molar-refractivity contribution in [1.29, 1.82) is 0 Å². The van der Waals surface area contributed by atoms with E-state index in [0.29, 0.717) is 36.1 Å². The van der Waals surface area contributed by atoms with E-state index in [9.17, 15) is 9.59 Å². The van der Waals surface area contributed by atoms with Gasteiger partial charge < -0.3 is 14.1 Å². The highest BCUT2D eigenvalue weighted by Crippen LogP contribution is 2.39. The number of ether oxygens (including phenoxy) is 1. The molecule has 0 radical (unpaired) electrons. The highest BCUT2D eigenvalue weighted by molar-refractivity contribution is 9.10. The van der Waals surface area contributed by atoms with Crippen LogP contribution in [0.4, 0.5) is 0 Å². The van der Waals surface area contributed by atoms with E-state index in [2.05, 4.69) is 15.9 Å². The smallest absolute Gasteiger partial charge is 0.290 e. The minimum Gasteiger partial charge on any atom is -0.450 e. The van der Waals surface area contributed by atoms with Crippen molar-refractivity contribution in [2.75, 3.05) is 13.2 Å². The summed E-state index contributed by atoms with van der Waals surface area (Å²) in [4.78, 5) is 28.8. The summed E-state index contributed by atoms with van der Waals surface area (Å²) in [6, 6.07) is 11.1. The fraction of sp³-hybridized carbons (Fsp3) is 0.360. The number of nitrogens with zero attached hydrogens (tertiary/aromatic N) is 1. The molecule has 0 bridgehead atoms. The van der Waals surface area contributed by atoms with Crippen LogP contribution in [0, 0.1) is 13.8 Å². The second kappa shape index (κ2) is 8.60. The third-order valence-corrected chi connectivity index (χ3v) is 6.05. The molecule has 1 atom stereocenters. The first-order chi connectivity index (χ1) is 14.8. The average molecular weight is 484 g/mol. The number of rotatable bonds is 6. The SMILES string of the molecule is Cc1cc(C)c2oc3c(c(=O)c2c1)C(c1cccc(Br)c1)N(CCCOC(C)C)C3=O. The van der Waals surface area contributed by atoms with Crippen LogP contribution < -0.4 is 5.43 Å². The van der Waals surface area contributed by atoms with Crippen LogP contribution >= 0.6 is 15.9 Å². The lowest BCUT2D eigenvalue weighted by molar-refractivity contribution is 0.0593.